The van der Waals surface area contributed by atoms with Gasteiger partial charge < -0.3 is 10.8 Å². The first-order chi connectivity index (χ1) is 13.8. The van der Waals surface area contributed by atoms with Gasteiger partial charge in [0.2, 0.25) is 0 Å². The maximum absolute atomic E-state index is 12.4. The summed E-state index contributed by atoms with van der Waals surface area (Å²) < 4.78 is 2.64. The Morgan fingerprint density at radius 1 is 1.24 bits per heavy atom. The summed E-state index contributed by atoms with van der Waals surface area (Å²) in [6.45, 7) is 0. The number of hydrogen-bond donors (Lipinski definition) is 2. The molecule has 9 heteroatoms. The van der Waals surface area contributed by atoms with E-state index in [1.807, 2.05) is 0 Å². The fraction of sp³-hybridized carbons (Fsp3) is 0.300. The average Bonchev–Trinajstić information content (AvgIpc) is 3.34. The van der Waals surface area contributed by atoms with E-state index in [0.717, 1.165) is 17.5 Å². The second-order valence-electron chi connectivity index (χ2n) is 6.84. The second-order valence-corrected chi connectivity index (χ2v) is 7.28. The van der Waals surface area contributed by atoms with Crippen LogP contribution in [-0.2, 0) is 7.05 Å². The minimum absolute atomic E-state index is 0.0463. The van der Waals surface area contributed by atoms with Gasteiger partial charge in [-0.2, -0.15) is 14.9 Å². The van der Waals surface area contributed by atoms with Gasteiger partial charge in [-0.05, 0) is 31.0 Å². The molecule has 0 spiro atoms. The molecule has 1 aromatic carbocycles. The maximum atomic E-state index is 12.4. The number of aliphatic hydroxyl groups excluding tert-OH is 1. The molecule has 1 saturated carbocycles. The van der Waals surface area contributed by atoms with Crippen LogP contribution in [-0.4, -0.2) is 36.7 Å². The number of carbonyl (C=O) groups is 1. The molecule has 3 aromatic rings. The predicted molar refractivity (Wildman–Crippen MR) is 110 cm³/mol. The Morgan fingerprint density at radius 2 is 1.90 bits per heavy atom. The molecular weight excluding hydrogens is 394 g/mol. The van der Waals surface area contributed by atoms with E-state index >= 15 is 0 Å². The van der Waals surface area contributed by atoms with Gasteiger partial charge in [0, 0.05) is 17.6 Å². The number of carbonyl (C=O) groups excluding carboxylic acids is 1. The highest BCUT2D eigenvalue weighted by Gasteiger charge is 2.16. The fourth-order valence-electron chi connectivity index (χ4n) is 3.03. The van der Waals surface area contributed by atoms with Gasteiger partial charge in [0.15, 0.2) is 0 Å². The van der Waals surface area contributed by atoms with Crippen LogP contribution in [0.2, 0.25) is 5.02 Å². The molecule has 29 heavy (non-hydrogen) atoms. The van der Waals surface area contributed by atoms with Crippen molar-refractivity contribution in [2.45, 2.75) is 31.8 Å². The van der Waals surface area contributed by atoms with Gasteiger partial charge in [-0.25, -0.2) is 0 Å². The first-order valence-corrected chi connectivity index (χ1v) is 9.60. The number of amides is 1. The van der Waals surface area contributed by atoms with Crippen molar-refractivity contribution in [1.29, 1.82) is 0 Å². The van der Waals surface area contributed by atoms with Crippen molar-refractivity contribution in [1.82, 2.24) is 19.6 Å². The van der Waals surface area contributed by atoms with E-state index in [0.29, 0.717) is 22.0 Å². The van der Waals surface area contributed by atoms with E-state index in [9.17, 15) is 9.59 Å². The molecule has 1 amide bonds. The molecule has 0 radical (unpaired) electrons. The minimum atomic E-state index is -0.815. The third-order valence-corrected chi connectivity index (χ3v) is 4.83. The lowest BCUT2D eigenvalue weighted by Gasteiger charge is -2.08. The molecular formula is C20H22ClN5O3. The van der Waals surface area contributed by atoms with Crippen LogP contribution < -0.4 is 11.3 Å². The van der Waals surface area contributed by atoms with Gasteiger partial charge >= 0.3 is 0 Å². The number of aromatic nitrogens is 4. The smallest absolute Gasteiger partial charge is 0.284 e. The lowest BCUT2D eigenvalue weighted by atomic mass is 10.1. The van der Waals surface area contributed by atoms with Crippen molar-refractivity contribution in [3.8, 4) is 16.9 Å². The molecule has 2 aromatic heterocycles. The Hall–Kier alpha value is -2.97. The number of halogens is 1. The predicted octanol–water partition coefficient (Wildman–Crippen LogP) is 2.31. The lowest BCUT2D eigenvalue weighted by molar-refractivity contribution is 0.0998. The molecule has 4 rings (SSSR count). The third kappa shape index (κ3) is 5.10. The van der Waals surface area contributed by atoms with Crippen LogP contribution in [0, 0.1) is 0 Å². The quantitative estimate of drug-likeness (QED) is 0.680. The molecule has 0 atom stereocenters. The summed E-state index contributed by atoms with van der Waals surface area (Å²) in [5, 5.41) is 17.6. The molecule has 0 bridgehead atoms. The summed E-state index contributed by atoms with van der Waals surface area (Å²) in [5.41, 5.74) is 6.15. The first kappa shape index (κ1) is 20.8. The van der Waals surface area contributed by atoms with Crippen LogP contribution in [0.5, 0.6) is 0 Å². The Morgan fingerprint density at radius 3 is 2.38 bits per heavy atom. The van der Waals surface area contributed by atoms with E-state index in [1.54, 1.807) is 37.5 Å². The molecule has 1 aliphatic rings. The summed E-state index contributed by atoms with van der Waals surface area (Å²) in [7, 11) is 1.71. The molecule has 1 aliphatic carbocycles. The van der Waals surface area contributed by atoms with Gasteiger partial charge in [-0.3, -0.25) is 14.3 Å². The summed E-state index contributed by atoms with van der Waals surface area (Å²) in [6.07, 6.45) is 7.70. The van der Waals surface area contributed by atoms with E-state index in [-0.39, 0.29) is 11.7 Å². The van der Waals surface area contributed by atoms with Gasteiger partial charge in [0.05, 0.1) is 24.2 Å². The van der Waals surface area contributed by atoms with Crippen LogP contribution in [0.3, 0.4) is 0 Å². The molecule has 3 N–H and O–H groups in total. The number of nitrogens with two attached hydrogens (primary N) is 1. The van der Waals surface area contributed by atoms with Crippen molar-refractivity contribution in [2.75, 3.05) is 0 Å². The zero-order valence-corrected chi connectivity index (χ0v) is 16.7. The van der Waals surface area contributed by atoms with E-state index in [2.05, 4.69) is 10.2 Å². The van der Waals surface area contributed by atoms with Crippen molar-refractivity contribution < 1.29 is 9.90 Å². The number of aryl methyl sites for hydroxylation is 1. The van der Waals surface area contributed by atoms with Gasteiger partial charge in [0.25, 0.3) is 11.5 Å². The SMILES string of the molecule is Cn1cc(-n2nc(-c3ccc(Cl)cc3)cc(C(N)=O)c2=O)cn1.OC1CCCC1. The van der Waals surface area contributed by atoms with Crippen LogP contribution >= 0.6 is 11.6 Å². The summed E-state index contributed by atoms with van der Waals surface area (Å²) >= 11 is 5.88. The number of primary amides is 1. The maximum Gasteiger partial charge on any atom is 0.284 e. The zero-order chi connectivity index (χ0) is 21.0. The van der Waals surface area contributed by atoms with Crippen molar-refractivity contribution in [3.05, 3.63) is 63.7 Å². The average molecular weight is 416 g/mol. The molecule has 2 heterocycles. The summed E-state index contributed by atoms with van der Waals surface area (Å²) in [5.74, 6) is -0.815. The Kier molecular flexibility index (Phi) is 6.46. The molecule has 0 aliphatic heterocycles. The van der Waals surface area contributed by atoms with Gasteiger partial charge in [0.1, 0.15) is 11.3 Å². The Balaban J connectivity index is 0.000000343. The number of aliphatic hydroxyl groups is 1. The molecule has 8 nitrogen and oxygen atoms in total. The normalized spacial score (nSPS) is 13.8. The molecule has 0 unspecified atom stereocenters. The number of hydrogen-bond acceptors (Lipinski definition) is 5. The standard InChI is InChI=1S/C15H12ClN5O2.C5H10O/c1-20-8-11(7-18-20)21-15(23)12(14(17)22)6-13(19-21)9-2-4-10(16)5-3-9;6-5-3-1-2-4-5/h2-8H,1H3,(H2,17,22);5-6H,1-4H2. The number of benzene rings is 1. The zero-order valence-electron chi connectivity index (χ0n) is 16.0. The number of nitrogens with zero attached hydrogens (tertiary/aromatic N) is 4. The second kappa shape index (κ2) is 9.02. The topological polar surface area (TPSA) is 116 Å². The Labute approximate surface area is 172 Å². The van der Waals surface area contributed by atoms with Gasteiger partial charge in [-0.15, -0.1) is 0 Å². The first-order valence-electron chi connectivity index (χ1n) is 9.22. The van der Waals surface area contributed by atoms with Crippen LogP contribution in [0.4, 0.5) is 0 Å². The Bertz CT molecular complexity index is 1050. The fourth-order valence-corrected chi connectivity index (χ4v) is 3.16. The van der Waals surface area contributed by atoms with Crippen molar-refractivity contribution in [2.24, 2.45) is 12.8 Å². The summed E-state index contributed by atoms with van der Waals surface area (Å²) in [4.78, 5) is 24.0. The highest BCUT2D eigenvalue weighted by atomic mass is 35.5. The third-order valence-electron chi connectivity index (χ3n) is 4.58. The molecule has 152 valence electrons. The van der Waals surface area contributed by atoms with E-state index in [4.69, 9.17) is 22.4 Å². The van der Waals surface area contributed by atoms with Crippen molar-refractivity contribution in [3.63, 3.8) is 0 Å². The largest absolute Gasteiger partial charge is 0.393 e. The summed E-state index contributed by atoms with van der Waals surface area (Å²) in [6, 6.07) is 8.26. The van der Waals surface area contributed by atoms with Gasteiger partial charge in [-0.1, -0.05) is 36.6 Å². The lowest BCUT2D eigenvalue weighted by Crippen LogP contribution is -2.30. The number of rotatable bonds is 3. The highest BCUT2D eigenvalue weighted by molar-refractivity contribution is 6.30. The minimum Gasteiger partial charge on any atom is -0.393 e. The highest BCUT2D eigenvalue weighted by Crippen LogP contribution is 2.20. The van der Waals surface area contributed by atoms with Crippen LogP contribution in [0.1, 0.15) is 36.0 Å². The van der Waals surface area contributed by atoms with Crippen LogP contribution in [0.15, 0.2) is 47.5 Å². The van der Waals surface area contributed by atoms with Crippen LogP contribution in [0.25, 0.3) is 16.9 Å². The van der Waals surface area contributed by atoms with E-state index < -0.39 is 11.5 Å². The monoisotopic (exact) mass is 415 g/mol. The van der Waals surface area contributed by atoms with E-state index in [1.165, 1.54) is 29.8 Å². The molecule has 0 saturated heterocycles. The molecule has 1 fully saturated rings. The van der Waals surface area contributed by atoms with Crippen molar-refractivity contribution >= 4 is 17.5 Å².